The molecule has 0 aliphatic rings. The zero-order valence-electron chi connectivity index (χ0n) is 16.0. The van der Waals surface area contributed by atoms with Crippen molar-refractivity contribution in [3.05, 3.63) is 65.2 Å². The molecule has 0 aliphatic carbocycles. The molecule has 0 saturated heterocycles. The van der Waals surface area contributed by atoms with Crippen LogP contribution in [0.25, 0.3) is 0 Å². The SMILES string of the molecule is CCN(CC)C(=O)c1cccc(C)c1.CCOC(=O)c1ccccc1N. The summed E-state index contributed by atoms with van der Waals surface area (Å²) in [6.07, 6.45) is 0. The fourth-order valence-electron chi connectivity index (χ4n) is 2.36. The normalized spacial score (nSPS) is 9.69. The Morgan fingerprint density at radius 2 is 1.65 bits per heavy atom. The number of carbonyl (C=O) groups excluding carboxylic acids is 2. The minimum atomic E-state index is -0.365. The molecule has 1 amide bonds. The summed E-state index contributed by atoms with van der Waals surface area (Å²) in [5, 5.41) is 0. The van der Waals surface area contributed by atoms with Gasteiger partial charge in [0.2, 0.25) is 0 Å². The highest BCUT2D eigenvalue weighted by molar-refractivity contribution is 5.95. The van der Waals surface area contributed by atoms with E-state index in [1.807, 2.05) is 49.9 Å². The van der Waals surface area contributed by atoms with Crippen LogP contribution in [0.2, 0.25) is 0 Å². The average molecular weight is 356 g/mol. The number of esters is 1. The molecular formula is C21H28N2O3. The van der Waals surface area contributed by atoms with E-state index in [2.05, 4.69) is 0 Å². The van der Waals surface area contributed by atoms with E-state index in [1.54, 1.807) is 31.2 Å². The van der Waals surface area contributed by atoms with Gasteiger partial charge in [0.15, 0.2) is 0 Å². The first-order valence-corrected chi connectivity index (χ1v) is 8.82. The summed E-state index contributed by atoms with van der Waals surface area (Å²) in [6, 6.07) is 14.6. The third-order valence-electron chi connectivity index (χ3n) is 3.77. The monoisotopic (exact) mass is 356 g/mol. The second kappa shape index (κ2) is 10.9. The second-order valence-corrected chi connectivity index (χ2v) is 5.65. The molecule has 2 aromatic rings. The van der Waals surface area contributed by atoms with Crippen LogP contribution in [0.3, 0.4) is 0 Å². The molecule has 0 fully saturated rings. The van der Waals surface area contributed by atoms with Gasteiger partial charge in [0.1, 0.15) is 0 Å². The maximum Gasteiger partial charge on any atom is 0.340 e. The summed E-state index contributed by atoms with van der Waals surface area (Å²) in [5.41, 5.74) is 8.35. The van der Waals surface area contributed by atoms with Crippen molar-refractivity contribution in [2.24, 2.45) is 0 Å². The number of para-hydroxylation sites is 1. The Bertz CT molecular complexity index is 725. The van der Waals surface area contributed by atoms with Crippen LogP contribution in [-0.4, -0.2) is 36.5 Å². The summed E-state index contributed by atoms with van der Waals surface area (Å²) < 4.78 is 4.79. The van der Waals surface area contributed by atoms with Crippen molar-refractivity contribution in [3.63, 3.8) is 0 Å². The van der Waals surface area contributed by atoms with Gasteiger partial charge in [-0.15, -0.1) is 0 Å². The van der Waals surface area contributed by atoms with E-state index in [4.69, 9.17) is 10.5 Å². The third-order valence-corrected chi connectivity index (χ3v) is 3.77. The minimum absolute atomic E-state index is 0.124. The van der Waals surface area contributed by atoms with Crippen LogP contribution >= 0.6 is 0 Å². The number of benzene rings is 2. The van der Waals surface area contributed by atoms with Gasteiger partial charge >= 0.3 is 5.97 Å². The zero-order valence-corrected chi connectivity index (χ0v) is 16.0. The highest BCUT2D eigenvalue weighted by Gasteiger charge is 2.11. The van der Waals surface area contributed by atoms with Gasteiger partial charge in [-0.25, -0.2) is 4.79 Å². The Labute approximate surface area is 155 Å². The summed E-state index contributed by atoms with van der Waals surface area (Å²) in [5.74, 6) is -0.241. The Kier molecular flexibility index (Phi) is 8.92. The number of hydrogen-bond donors (Lipinski definition) is 1. The van der Waals surface area contributed by atoms with Crippen LogP contribution in [-0.2, 0) is 4.74 Å². The van der Waals surface area contributed by atoms with Crippen molar-refractivity contribution >= 4 is 17.6 Å². The van der Waals surface area contributed by atoms with Gasteiger partial charge in [0.25, 0.3) is 5.91 Å². The lowest BCUT2D eigenvalue weighted by molar-refractivity contribution is 0.0527. The zero-order chi connectivity index (χ0) is 19.5. The maximum absolute atomic E-state index is 11.9. The number of nitrogens with two attached hydrogens (primary N) is 1. The predicted octanol–water partition coefficient (Wildman–Crippen LogP) is 3.92. The van der Waals surface area contributed by atoms with Gasteiger partial charge in [-0.2, -0.15) is 0 Å². The summed E-state index contributed by atoms with van der Waals surface area (Å²) in [4.78, 5) is 24.9. The molecule has 0 saturated carbocycles. The van der Waals surface area contributed by atoms with Crippen LogP contribution in [0.4, 0.5) is 5.69 Å². The highest BCUT2D eigenvalue weighted by atomic mass is 16.5. The number of ether oxygens (including phenoxy) is 1. The number of rotatable bonds is 5. The molecule has 2 aromatic carbocycles. The van der Waals surface area contributed by atoms with Crippen molar-refractivity contribution < 1.29 is 14.3 Å². The van der Waals surface area contributed by atoms with E-state index in [-0.39, 0.29) is 11.9 Å². The number of hydrogen-bond acceptors (Lipinski definition) is 4. The number of aryl methyl sites for hydroxylation is 1. The van der Waals surface area contributed by atoms with Crippen molar-refractivity contribution in [1.29, 1.82) is 0 Å². The predicted molar refractivity (Wildman–Crippen MR) is 105 cm³/mol. The van der Waals surface area contributed by atoms with E-state index in [1.165, 1.54) is 0 Å². The van der Waals surface area contributed by atoms with E-state index >= 15 is 0 Å². The third kappa shape index (κ3) is 6.24. The smallest absolute Gasteiger partial charge is 0.340 e. The molecule has 0 bridgehead atoms. The van der Waals surface area contributed by atoms with E-state index < -0.39 is 0 Å². The highest BCUT2D eigenvalue weighted by Crippen LogP contribution is 2.11. The average Bonchev–Trinajstić information content (AvgIpc) is 2.63. The Morgan fingerprint density at radius 1 is 1.00 bits per heavy atom. The van der Waals surface area contributed by atoms with Crippen LogP contribution < -0.4 is 5.73 Å². The van der Waals surface area contributed by atoms with Gasteiger partial charge in [-0.1, -0.05) is 29.8 Å². The van der Waals surface area contributed by atoms with E-state index in [0.717, 1.165) is 24.2 Å². The summed E-state index contributed by atoms with van der Waals surface area (Å²) in [7, 11) is 0. The van der Waals surface area contributed by atoms with Gasteiger partial charge in [-0.3, -0.25) is 4.79 Å². The lowest BCUT2D eigenvalue weighted by Gasteiger charge is -2.18. The van der Waals surface area contributed by atoms with Gasteiger partial charge < -0.3 is 15.4 Å². The van der Waals surface area contributed by atoms with Crippen molar-refractivity contribution in [2.45, 2.75) is 27.7 Å². The molecule has 0 aromatic heterocycles. The topological polar surface area (TPSA) is 72.6 Å². The summed E-state index contributed by atoms with van der Waals surface area (Å²) in [6.45, 7) is 9.66. The lowest BCUT2D eigenvalue weighted by Crippen LogP contribution is -2.30. The number of nitrogens with zero attached hydrogens (tertiary/aromatic N) is 1. The number of anilines is 1. The molecule has 5 nitrogen and oxygen atoms in total. The quantitative estimate of drug-likeness (QED) is 0.651. The molecule has 140 valence electrons. The molecule has 0 radical (unpaired) electrons. The van der Waals surface area contributed by atoms with Gasteiger partial charge in [-0.05, 0) is 52.0 Å². The number of amides is 1. The van der Waals surface area contributed by atoms with Gasteiger partial charge in [0.05, 0.1) is 12.2 Å². The molecule has 0 aliphatic heterocycles. The van der Waals surface area contributed by atoms with E-state index in [0.29, 0.717) is 17.9 Å². The summed E-state index contributed by atoms with van der Waals surface area (Å²) >= 11 is 0. The molecule has 2 N–H and O–H groups in total. The number of nitrogen functional groups attached to an aromatic ring is 1. The molecule has 0 unspecified atom stereocenters. The standard InChI is InChI=1S/C12H17NO.C9H11NO2/c1-4-13(5-2)12(14)11-8-6-7-10(3)9-11;1-2-12-9(11)7-5-3-4-6-8(7)10/h6-9H,4-5H2,1-3H3;3-6H,2,10H2,1H3. The van der Waals surface area contributed by atoms with Crippen molar-refractivity contribution in [1.82, 2.24) is 4.90 Å². The first kappa shape index (κ1) is 21.2. The van der Waals surface area contributed by atoms with Crippen LogP contribution in [0.5, 0.6) is 0 Å². The molecule has 26 heavy (non-hydrogen) atoms. The van der Waals surface area contributed by atoms with Crippen molar-refractivity contribution in [2.75, 3.05) is 25.4 Å². The fraction of sp³-hybridized carbons (Fsp3) is 0.333. The lowest BCUT2D eigenvalue weighted by atomic mass is 10.1. The number of carbonyl (C=O) groups is 2. The van der Waals surface area contributed by atoms with Crippen LogP contribution in [0, 0.1) is 6.92 Å². The molecule has 5 heteroatoms. The minimum Gasteiger partial charge on any atom is -0.462 e. The molecule has 0 heterocycles. The second-order valence-electron chi connectivity index (χ2n) is 5.65. The molecular weight excluding hydrogens is 328 g/mol. The largest absolute Gasteiger partial charge is 0.462 e. The maximum atomic E-state index is 11.9. The van der Waals surface area contributed by atoms with Crippen molar-refractivity contribution in [3.8, 4) is 0 Å². The Morgan fingerprint density at radius 3 is 2.19 bits per heavy atom. The van der Waals surface area contributed by atoms with Crippen LogP contribution in [0.1, 0.15) is 47.1 Å². The molecule has 0 atom stereocenters. The van der Waals surface area contributed by atoms with Crippen LogP contribution in [0.15, 0.2) is 48.5 Å². The van der Waals surface area contributed by atoms with E-state index in [9.17, 15) is 9.59 Å². The molecule has 2 rings (SSSR count). The first-order chi connectivity index (χ1) is 12.4. The Balaban J connectivity index is 0.000000263. The molecule has 0 spiro atoms. The van der Waals surface area contributed by atoms with Gasteiger partial charge in [0, 0.05) is 24.3 Å². The first-order valence-electron chi connectivity index (χ1n) is 8.82. The Hall–Kier alpha value is -2.82. The fourth-order valence-corrected chi connectivity index (χ4v) is 2.36.